The van der Waals surface area contributed by atoms with Gasteiger partial charge in [-0.05, 0) is 32.9 Å². The van der Waals surface area contributed by atoms with Crippen LogP contribution in [0.3, 0.4) is 0 Å². The number of furan rings is 1. The van der Waals surface area contributed by atoms with E-state index in [1.54, 1.807) is 37.3 Å². The summed E-state index contributed by atoms with van der Waals surface area (Å²) in [7, 11) is -4.14. The van der Waals surface area contributed by atoms with Crippen molar-refractivity contribution in [2.24, 2.45) is 0 Å². The molecular formula is C22H18N2O6S. The van der Waals surface area contributed by atoms with Crippen molar-refractivity contribution in [3.63, 3.8) is 0 Å². The second-order valence-electron chi connectivity index (χ2n) is 7.25. The standard InChI is InChI=1S/C22H18N2O6S/c1-12-8-9-15(10-20(12)24(26)27)31(28,29)23-19-11-18-21(13(2)25)14(3)30-22(18)17-7-5-4-6-16(17)19/h4-11,23H,1-3H3. The number of nitro groups is 1. The molecule has 0 aliphatic carbocycles. The number of nitrogens with one attached hydrogen (secondary N) is 1. The van der Waals surface area contributed by atoms with Gasteiger partial charge in [0.05, 0.1) is 21.1 Å². The largest absolute Gasteiger partial charge is 0.460 e. The van der Waals surface area contributed by atoms with Gasteiger partial charge >= 0.3 is 0 Å². The van der Waals surface area contributed by atoms with Crippen molar-refractivity contribution < 1.29 is 22.6 Å². The predicted molar refractivity (Wildman–Crippen MR) is 117 cm³/mol. The van der Waals surface area contributed by atoms with E-state index in [1.807, 2.05) is 0 Å². The third-order valence-electron chi connectivity index (χ3n) is 5.16. The highest BCUT2D eigenvalue weighted by Gasteiger charge is 2.23. The van der Waals surface area contributed by atoms with Crippen LogP contribution in [0.25, 0.3) is 21.7 Å². The van der Waals surface area contributed by atoms with Crippen molar-refractivity contribution in [2.75, 3.05) is 4.72 Å². The molecule has 3 aromatic carbocycles. The first-order valence-electron chi connectivity index (χ1n) is 9.34. The third-order valence-corrected chi connectivity index (χ3v) is 6.52. The molecule has 0 unspecified atom stereocenters. The highest BCUT2D eigenvalue weighted by molar-refractivity contribution is 7.92. The summed E-state index contributed by atoms with van der Waals surface area (Å²) in [5.41, 5.74) is 1.19. The fourth-order valence-corrected chi connectivity index (χ4v) is 4.81. The van der Waals surface area contributed by atoms with Gasteiger partial charge in [0, 0.05) is 27.8 Å². The maximum atomic E-state index is 13.1. The zero-order chi connectivity index (χ0) is 22.5. The number of nitrogens with zero attached hydrogens (tertiary/aromatic N) is 1. The summed E-state index contributed by atoms with van der Waals surface area (Å²) in [4.78, 5) is 22.5. The van der Waals surface area contributed by atoms with Crippen LogP contribution in [0.5, 0.6) is 0 Å². The molecule has 0 fully saturated rings. The Morgan fingerprint density at radius 1 is 1.03 bits per heavy atom. The van der Waals surface area contributed by atoms with E-state index in [4.69, 9.17) is 4.42 Å². The first-order chi connectivity index (χ1) is 14.6. The fourth-order valence-electron chi connectivity index (χ4n) is 3.72. The van der Waals surface area contributed by atoms with Crippen LogP contribution in [-0.2, 0) is 10.0 Å². The average molecular weight is 438 g/mol. The lowest BCUT2D eigenvalue weighted by atomic mass is 10.0. The second kappa shape index (κ2) is 7.21. The van der Waals surface area contributed by atoms with Gasteiger partial charge in [-0.15, -0.1) is 0 Å². The molecule has 4 aromatic rings. The maximum absolute atomic E-state index is 13.1. The van der Waals surface area contributed by atoms with Crippen molar-refractivity contribution >= 4 is 48.9 Å². The quantitative estimate of drug-likeness (QED) is 0.262. The lowest BCUT2D eigenvalue weighted by Crippen LogP contribution is -2.14. The van der Waals surface area contributed by atoms with E-state index >= 15 is 0 Å². The molecule has 0 bridgehead atoms. The summed E-state index contributed by atoms with van der Waals surface area (Å²) >= 11 is 0. The van der Waals surface area contributed by atoms with Crippen LogP contribution in [0.2, 0.25) is 0 Å². The molecule has 0 aliphatic rings. The summed E-state index contributed by atoms with van der Waals surface area (Å²) in [5.74, 6) is 0.247. The molecule has 1 heterocycles. The van der Waals surface area contributed by atoms with Crippen LogP contribution in [0, 0.1) is 24.0 Å². The summed E-state index contributed by atoms with van der Waals surface area (Å²) in [5, 5.41) is 12.9. The molecule has 0 saturated carbocycles. The van der Waals surface area contributed by atoms with E-state index in [2.05, 4.69) is 4.72 Å². The van der Waals surface area contributed by atoms with Crippen LogP contribution in [0.1, 0.15) is 28.6 Å². The number of ketones is 1. The number of nitro benzene ring substituents is 1. The van der Waals surface area contributed by atoms with Crippen LogP contribution in [0.15, 0.2) is 57.8 Å². The van der Waals surface area contributed by atoms with Gasteiger partial charge in [0.25, 0.3) is 15.7 Å². The molecule has 0 atom stereocenters. The number of rotatable bonds is 5. The molecule has 0 saturated heterocycles. The second-order valence-corrected chi connectivity index (χ2v) is 8.93. The minimum absolute atomic E-state index is 0.200. The van der Waals surface area contributed by atoms with Crippen LogP contribution >= 0.6 is 0 Å². The SMILES string of the molecule is CC(=O)c1c(C)oc2c1cc(NS(=O)(=O)c1ccc(C)c([N+](=O)[O-])c1)c1ccccc12. The van der Waals surface area contributed by atoms with E-state index in [-0.39, 0.29) is 22.1 Å². The number of benzene rings is 3. The first-order valence-corrected chi connectivity index (χ1v) is 10.8. The Morgan fingerprint density at radius 3 is 2.35 bits per heavy atom. The molecule has 0 amide bonds. The Kier molecular flexibility index (Phi) is 4.78. The molecular weight excluding hydrogens is 420 g/mol. The van der Waals surface area contributed by atoms with E-state index < -0.39 is 14.9 Å². The van der Waals surface area contributed by atoms with Gasteiger partial charge in [0.1, 0.15) is 11.3 Å². The van der Waals surface area contributed by atoms with E-state index in [9.17, 15) is 23.3 Å². The first kappa shape index (κ1) is 20.5. The Bertz CT molecular complexity index is 1500. The zero-order valence-electron chi connectivity index (χ0n) is 16.9. The van der Waals surface area contributed by atoms with Gasteiger partial charge in [-0.2, -0.15) is 0 Å². The minimum Gasteiger partial charge on any atom is -0.460 e. The van der Waals surface area contributed by atoms with Crippen molar-refractivity contribution in [2.45, 2.75) is 25.7 Å². The molecule has 4 rings (SSSR count). The summed E-state index contributed by atoms with van der Waals surface area (Å²) < 4.78 is 34.5. The van der Waals surface area contributed by atoms with Crippen LogP contribution < -0.4 is 4.72 Å². The molecule has 1 N–H and O–H groups in total. The predicted octanol–water partition coefficient (Wildman–Crippen LogP) is 5.11. The van der Waals surface area contributed by atoms with Crippen molar-refractivity contribution in [1.82, 2.24) is 0 Å². The van der Waals surface area contributed by atoms with Crippen molar-refractivity contribution in [3.8, 4) is 0 Å². The average Bonchev–Trinajstić information content (AvgIpc) is 3.04. The zero-order valence-corrected chi connectivity index (χ0v) is 17.7. The fraction of sp³-hybridized carbons (Fsp3) is 0.136. The summed E-state index contributed by atoms with van der Waals surface area (Å²) in [6.07, 6.45) is 0. The monoisotopic (exact) mass is 438 g/mol. The minimum atomic E-state index is -4.14. The number of anilines is 1. The highest BCUT2D eigenvalue weighted by Crippen LogP contribution is 2.37. The molecule has 158 valence electrons. The van der Waals surface area contributed by atoms with Gasteiger partial charge in [0.2, 0.25) is 0 Å². The molecule has 0 radical (unpaired) electrons. The van der Waals surface area contributed by atoms with Crippen LogP contribution in [0.4, 0.5) is 11.4 Å². The van der Waals surface area contributed by atoms with Gasteiger partial charge < -0.3 is 4.42 Å². The van der Waals surface area contributed by atoms with E-state index in [0.717, 1.165) is 6.07 Å². The Hall–Kier alpha value is -3.72. The molecule has 31 heavy (non-hydrogen) atoms. The molecule has 1 aromatic heterocycles. The summed E-state index contributed by atoms with van der Waals surface area (Å²) in [6.45, 7) is 4.64. The van der Waals surface area contributed by atoms with Gasteiger partial charge in [-0.1, -0.05) is 30.3 Å². The van der Waals surface area contributed by atoms with Gasteiger partial charge in [0.15, 0.2) is 5.78 Å². The third kappa shape index (κ3) is 3.42. The Labute approximate surface area is 177 Å². The molecule has 0 spiro atoms. The lowest BCUT2D eigenvalue weighted by Gasteiger charge is -2.12. The lowest BCUT2D eigenvalue weighted by molar-refractivity contribution is -0.385. The number of fused-ring (bicyclic) bond motifs is 3. The molecule has 8 nitrogen and oxygen atoms in total. The van der Waals surface area contributed by atoms with E-state index in [0.29, 0.717) is 38.6 Å². The normalized spacial score (nSPS) is 11.7. The topological polar surface area (TPSA) is 120 Å². The number of Topliss-reactive ketones (excluding diaryl/α,β-unsaturated/α-hetero) is 1. The number of carbonyl (C=O) groups excluding carboxylic acids is 1. The van der Waals surface area contributed by atoms with Gasteiger partial charge in [-0.3, -0.25) is 19.6 Å². The Balaban J connectivity index is 1.93. The smallest absolute Gasteiger partial charge is 0.273 e. The van der Waals surface area contributed by atoms with Crippen molar-refractivity contribution in [1.29, 1.82) is 0 Å². The number of aryl methyl sites for hydroxylation is 2. The van der Waals surface area contributed by atoms with E-state index in [1.165, 1.54) is 26.0 Å². The Morgan fingerprint density at radius 2 is 1.71 bits per heavy atom. The summed E-state index contributed by atoms with van der Waals surface area (Å²) in [6, 6.07) is 12.3. The molecule has 0 aliphatic heterocycles. The number of hydrogen-bond acceptors (Lipinski definition) is 6. The number of sulfonamides is 1. The van der Waals surface area contributed by atoms with Crippen molar-refractivity contribution in [3.05, 3.63) is 75.5 Å². The number of hydrogen-bond donors (Lipinski definition) is 1. The molecule has 9 heteroatoms. The maximum Gasteiger partial charge on any atom is 0.273 e. The van der Waals surface area contributed by atoms with Crippen LogP contribution in [-0.4, -0.2) is 19.1 Å². The van der Waals surface area contributed by atoms with Gasteiger partial charge in [-0.25, -0.2) is 8.42 Å². The number of carbonyl (C=O) groups is 1. The highest BCUT2D eigenvalue weighted by atomic mass is 32.2.